The van der Waals surface area contributed by atoms with Gasteiger partial charge in [0.1, 0.15) is 17.4 Å². The lowest BCUT2D eigenvalue weighted by Gasteiger charge is -2.23. The standard InChI is InChI=1S/C27H31FN4O7S/c1-16(2)13-21(30-27(35)25-17(3)19-10-9-18(28)14-23(19)39-25)26(34)29-20-7-6-11-31(15-22(20)33)40(37,38)24-8-4-5-12-32(24)36/h4-5,8-10,12,14,16,20-21H,6-7,11,13,15H2,1-3H3,(H,29,34)(H,30,35)/t20?,21-/m0/s1. The Morgan fingerprint density at radius 2 is 2.00 bits per heavy atom. The molecule has 1 aliphatic heterocycles. The SMILES string of the molecule is Cc1c(C(=O)N[C@@H](CC(C)C)C(=O)NC2CCCN(S(=O)(=O)c3cccc[n+]3[O-])CC2=O)oc2cc(F)ccc12. The molecule has 1 aliphatic rings. The number of nitrogens with one attached hydrogen (secondary N) is 2. The van der Waals surface area contributed by atoms with Crippen LogP contribution in [0.3, 0.4) is 0 Å². The Kier molecular flexibility index (Phi) is 8.54. The molecular weight excluding hydrogens is 543 g/mol. The molecule has 4 rings (SSSR count). The van der Waals surface area contributed by atoms with Gasteiger partial charge in [-0.3, -0.25) is 14.4 Å². The van der Waals surface area contributed by atoms with Crippen molar-refractivity contribution < 1.29 is 36.3 Å². The maximum Gasteiger partial charge on any atom is 0.323 e. The Balaban J connectivity index is 1.48. The number of pyridine rings is 1. The van der Waals surface area contributed by atoms with Crippen molar-refractivity contribution in [3.05, 3.63) is 64.9 Å². The topological polar surface area (TPSA) is 153 Å². The van der Waals surface area contributed by atoms with Crippen LogP contribution >= 0.6 is 0 Å². The van der Waals surface area contributed by atoms with Crippen LogP contribution in [0, 0.1) is 23.9 Å². The number of nitrogens with zero attached hydrogens (tertiary/aromatic N) is 2. The maximum absolute atomic E-state index is 13.6. The molecule has 2 N–H and O–H groups in total. The van der Waals surface area contributed by atoms with E-state index in [0.717, 1.165) is 16.6 Å². The summed E-state index contributed by atoms with van der Waals surface area (Å²) in [6.07, 6.45) is 1.76. The Hall–Kier alpha value is -3.84. The number of carbonyl (C=O) groups excluding carboxylic acids is 3. The highest BCUT2D eigenvalue weighted by Gasteiger charge is 2.37. The van der Waals surface area contributed by atoms with E-state index in [1.165, 1.54) is 30.3 Å². The second-order valence-corrected chi connectivity index (χ2v) is 12.1. The zero-order chi connectivity index (χ0) is 29.2. The molecule has 2 aromatic heterocycles. The third-order valence-electron chi connectivity index (χ3n) is 6.77. The van der Waals surface area contributed by atoms with Gasteiger partial charge in [-0.15, -0.1) is 0 Å². The molecule has 1 unspecified atom stereocenters. The summed E-state index contributed by atoms with van der Waals surface area (Å²) in [5.41, 5.74) is 0.698. The minimum absolute atomic E-state index is 0.00274. The summed E-state index contributed by atoms with van der Waals surface area (Å²) in [6.45, 7) is 4.87. The maximum atomic E-state index is 13.6. The first-order valence-electron chi connectivity index (χ1n) is 12.9. The van der Waals surface area contributed by atoms with Crippen molar-refractivity contribution in [3.8, 4) is 0 Å². The molecule has 2 amide bonds. The number of fused-ring (bicyclic) bond motifs is 1. The van der Waals surface area contributed by atoms with Crippen molar-refractivity contribution in [1.82, 2.24) is 14.9 Å². The number of aromatic nitrogens is 1. The van der Waals surface area contributed by atoms with E-state index in [1.54, 1.807) is 6.92 Å². The van der Waals surface area contributed by atoms with Crippen molar-refractivity contribution in [2.75, 3.05) is 13.1 Å². The van der Waals surface area contributed by atoms with Gasteiger partial charge in [0.2, 0.25) is 5.91 Å². The highest BCUT2D eigenvalue weighted by atomic mass is 32.2. The fourth-order valence-corrected chi connectivity index (χ4v) is 6.18. The fourth-order valence-electron chi connectivity index (χ4n) is 4.71. The predicted molar refractivity (Wildman–Crippen MR) is 142 cm³/mol. The molecule has 1 fully saturated rings. The van der Waals surface area contributed by atoms with E-state index in [1.807, 2.05) is 13.8 Å². The minimum atomic E-state index is -4.24. The number of halogens is 1. The van der Waals surface area contributed by atoms with Crippen LogP contribution < -0.4 is 15.4 Å². The molecule has 40 heavy (non-hydrogen) atoms. The molecule has 1 saturated heterocycles. The Labute approximate surface area is 231 Å². The average Bonchev–Trinajstić information content (AvgIpc) is 3.09. The van der Waals surface area contributed by atoms with Crippen molar-refractivity contribution >= 4 is 38.6 Å². The zero-order valence-corrected chi connectivity index (χ0v) is 23.2. The molecule has 3 heterocycles. The predicted octanol–water partition coefficient (Wildman–Crippen LogP) is 2.20. The largest absolute Gasteiger partial charge is 0.618 e. The van der Waals surface area contributed by atoms with Gasteiger partial charge in [-0.05, 0) is 50.3 Å². The number of Topliss-reactive ketones (excluding diaryl/α,β-unsaturated/α-hetero) is 1. The van der Waals surface area contributed by atoms with Gasteiger partial charge in [0.25, 0.3) is 5.91 Å². The summed E-state index contributed by atoms with van der Waals surface area (Å²) in [5.74, 6) is -2.36. The second kappa shape index (κ2) is 11.7. The minimum Gasteiger partial charge on any atom is -0.618 e. The summed E-state index contributed by atoms with van der Waals surface area (Å²) < 4.78 is 46.4. The lowest BCUT2D eigenvalue weighted by Crippen LogP contribution is -2.53. The van der Waals surface area contributed by atoms with Gasteiger partial charge in [0, 0.05) is 35.7 Å². The highest BCUT2D eigenvalue weighted by Crippen LogP contribution is 2.26. The molecular formula is C27H31FN4O7S. The third-order valence-corrected chi connectivity index (χ3v) is 8.60. The normalized spacial score (nSPS) is 17.5. The molecule has 2 atom stereocenters. The lowest BCUT2D eigenvalue weighted by atomic mass is 10.0. The summed E-state index contributed by atoms with van der Waals surface area (Å²) in [7, 11) is -4.24. The van der Waals surface area contributed by atoms with Crippen LogP contribution in [0.25, 0.3) is 11.0 Å². The van der Waals surface area contributed by atoms with Gasteiger partial charge >= 0.3 is 15.0 Å². The quantitative estimate of drug-likeness (QED) is 0.309. The molecule has 3 aromatic rings. The Morgan fingerprint density at radius 1 is 1.25 bits per heavy atom. The molecule has 0 saturated carbocycles. The van der Waals surface area contributed by atoms with E-state index in [2.05, 4.69) is 10.6 Å². The molecule has 0 radical (unpaired) electrons. The number of rotatable bonds is 8. The number of benzene rings is 1. The fraction of sp³-hybridized carbons (Fsp3) is 0.407. The monoisotopic (exact) mass is 574 g/mol. The summed E-state index contributed by atoms with van der Waals surface area (Å²) in [5, 5.41) is 17.5. The first-order chi connectivity index (χ1) is 18.9. The van der Waals surface area contributed by atoms with E-state index in [0.29, 0.717) is 10.9 Å². The van der Waals surface area contributed by atoms with Crippen molar-refractivity contribution in [2.24, 2.45) is 5.92 Å². The van der Waals surface area contributed by atoms with Crippen molar-refractivity contribution in [1.29, 1.82) is 0 Å². The number of ketones is 1. The third kappa shape index (κ3) is 6.15. The van der Waals surface area contributed by atoms with E-state index in [4.69, 9.17) is 4.42 Å². The number of furan rings is 1. The van der Waals surface area contributed by atoms with Gasteiger partial charge in [-0.2, -0.15) is 9.04 Å². The van der Waals surface area contributed by atoms with Gasteiger partial charge in [-0.25, -0.2) is 12.8 Å². The first kappa shape index (κ1) is 29.2. The molecule has 13 heteroatoms. The molecule has 0 bridgehead atoms. The van der Waals surface area contributed by atoms with Crippen LogP contribution in [0.15, 0.2) is 52.0 Å². The van der Waals surface area contributed by atoms with E-state index >= 15 is 0 Å². The number of amides is 2. The smallest absolute Gasteiger partial charge is 0.323 e. The van der Waals surface area contributed by atoms with Gasteiger partial charge in [-0.1, -0.05) is 13.8 Å². The number of aryl methyl sites for hydroxylation is 1. The van der Waals surface area contributed by atoms with Gasteiger partial charge in [0.05, 0.1) is 12.6 Å². The van der Waals surface area contributed by atoms with E-state index < -0.39 is 57.1 Å². The first-order valence-corrected chi connectivity index (χ1v) is 14.3. The van der Waals surface area contributed by atoms with Crippen LogP contribution in [-0.2, 0) is 19.6 Å². The number of hydrogen-bond donors (Lipinski definition) is 2. The van der Waals surface area contributed by atoms with Crippen LogP contribution in [0.5, 0.6) is 0 Å². The zero-order valence-electron chi connectivity index (χ0n) is 22.3. The van der Waals surface area contributed by atoms with Gasteiger partial charge in [0.15, 0.2) is 17.7 Å². The molecule has 214 valence electrons. The lowest BCUT2D eigenvalue weighted by molar-refractivity contribution is -0.646. The summed E-state index contributed by atoms with van der Waals surface area (Å²) in [6, 6.07) is 5.92. The Morgan fingerprint density at radius 3 is 2.70 bits per heavy atom. The average molecular weight is 575 g/mol. The van der Waals surface area contributed by atoms with Crippen molar-refractivity contribution in [2.45, 2.75) is 57.1 Å². The van der Waals surface area contributed by atoms with Crippen LogP contribution in [0.1, 0.15) is 49.2 Å². The molecule has 1 aromatic carbocycles. The number of carbonyl (C=O) groups is 3. The second-order valence-electron chi connectivity index (χ2n) is 10.2. The van der Waals surface area contributed by atoms with Crippen LogP contribution in [-0.4, -0.2) is 55.5 Å². The summed E-state index contributed by atoms with van der Waals surface area (Å²) in [4.78, 5) is 39.4. The molecule has 0 spiro atoms. The number of sulfonamides is 1. The van der Waals surface area contributed by atoms with E-state index in [-0.39, 0.29) is 47.8 Å². The molecule has 11 nitrogen and oxygen atoms in total. The number of hydrogen-bond acceptors (Lipinski definition) is 7. The van der Waals surface area contributed by atoms with Crippen molar-refractivity contribution in [3.63, 3.8) is 0 Å². The van der Waals surface area contributed by atoms with Gasteiger partial charge < -0.3 is 20.3 Å². The van der Waals surface area contributed by atoms with Crippen LogP contribution in [0.2, 0.25) is 0 Å². The van der Waals surface area contributed by atoms with Crippen LogP contribution in [0.4, 0.5) is 4.39 Å². The Bertz CT molecular complexity index is 1550. The summed E-state index contributed by atoms with van der Waals surface area (Å²) >= 11 is 0. The highest BCUT2D eigenvalue weighted by molar-refractivity contribution is 7.89. The molecule has 0 aliphatic carbocycles. The van der Waals surface area contributed by atoms with E-state index in [9.17, 15) is 32.4 Å².